The van der Waals surface area contributed by atoms with Crippen molar-refractivity contribution < 1.29 is 4.39 Å². The molecule has 0 fully saturated rings. The monoisotopic (exact) mass is 285 g/mol. The Bertz CT molecular complexity index is 428. The molecule has 2 N–H and O–H groups in total. The molecule has 1 aromatic carbocycles. The summed E-state index contributed by atoms with van der Waals surface area (Å²) in [4.78, 5) is 1.84. The second-order valence-corrected chi connectivity index (χ2v) is 4.59. The predicted molar refractivity (Wildman–Crippen MR) is 66.6 cm³/mol. The number of hydrogen-bond donors (Lipinski definition) is 1. The van der Waals surface area contributed by atoms with Crippen LogP contribution in [0, 0.1) is 23.1 Å². The van der Waals surface area contributed by atoms with Crippen molar-refractivity contribution in [2.75, 3.05) is 24.2 Å². The van der Waals surface area contributed by atoms with Crippen LogP contribution in [0.4, 0.5) is 15.8 Å². The predicted octanol–water partition coefficient (Wildman–Crippen LogP) is 2.77. The molecule has 0 aliphatic carbocycles. The zero-order chi connectivity index (χ0) is 12.3. The van der Waals surface area contributed by atoms with Gasteiger partial charge in [0.15, 0.2) is 0 Å². The average Bonchev–Trinajstić information content (AvgIpc) is 2.23. The fraction of sp³-hybridized carbons (Fsp3) is 0.364. The third kappa shape index (κ3) is 2.86. The lowest BCUT2D eigenvalue weighted by Crippen LogP contribution is -2.24. The van der Waals surface area contributed by atoms with Crippen LogP contribution in [0.2, 0.25) is 0 Å². The summed E-state index contributed by atoms with van der Waals surface area (Å²) in [5.41, 5.74) is 6.81. The van der Waals surface area contributed by atoms with E-state index in [9.17, 15) is 4.39 Å². The average molecular weight is 286 g/mol. The smallest absolute Gasteiger partial charge is 0.139 e. The van der Waals surface area contributed by atoms with Crippen LogP contribution in [0.1, 0.15) is 6.92 Å². The summed E-state index contributed by atoms with van der Waals surface area (Å²) in [6, 6.07) is 5.03. The molecule has 0 aromatic heterocycles. The number of nitrogens with zero attached hydrogens (tertiary/aromatic N) is 2. The van der Waals surface area contributed by atoms with E-state index in [1.54, 1.807) is 6.07 Å². The van der Waals surface area contributed by atoms with Crippen molar-refractivity contribution in [3.8, 4) is 6.07 Å². The van der Waals surface area contributed by atoms with Crippen molar-refractivity contribution in [3.05, 3.63) is 22.4 Å². The molecule has 0 spiro atoms. The Kier molecular flexibility index (Phi) is 4.13. The van der Waals surface area contributed by atoms with E-state index in [0.29, 0.717) is 16.7 Å². The summed E-state index contributed by atoms with van der Waals surface area (Å²) in [5.74, 6) is -0.490. The molecule has 5 heteroatoms. The number of halogens is 2. The molecule has 86 valence electrons. The first-order valence-electron chi connectivity index (χ1n) is 4.81. The van der Waals surface area contributed by atoms with E-state index in [1.165, 1.54) is 6.07 Å². The highest BCUT2D eigenvalue weighted by Crippen LogP contribution is 2.29. The fourth-order valence-corrected chi connectivity index (χ4v) is 1.76. The Balaban J connectivity index is 2.96. The maximum Gasteiger partial charge on any atom is 0.139 e. The first-order chi connectivity index (χ1) is 7.45. The molecule has 0 bridgehead atoms. The van der Waals surface area contributed by atoms with Crippen LogP contribution in [0.15, 0.2) is 16.6 Å². The fourth-order valence-electron chi connectivity index (χ4n) is 1.43. The molecule has 0 heterocycles. The number of benzene rings is 1. The van der Waals surface area contributed by atoms with Gasteiger partial charge in [0.2, 0.25) is 0 Å². The van der Waals surface area contributed by atoms with E-state index in [4.69, 9.17) is 11.0 Å². The molecule has 1 unspecified atom stereocenters. The Morgan fingerprint density at radius 3 is 2.81 bits per heavy atom. The van der Waals surface area contributed by atoms with Gasteiger partial charge in [0.25, 0.3) is 0 Å². The molecule has 0 saturated heterocycles. The Hall–Kier alpha value is -1.28. The van der Waals surface area contributed by atoms with Crippen molar-refractivity contribution in [1.82, 2.24) is 0 Å². The zero-order valence-electron chi connectivity index (χ0n) is 9.17. The Morgan fingerprint density at radius 2 is 2.25 bits per heavy atom. The second kappa shape index (κ2) is 5.17. The minimum atomic E-state index is -0.386. The van der Waals surface area contributed by atoms with Crippen LogP contribution in [0.25, 0.3) is 0 Å². The van der Waals surface area contributed by atoms with Gasteiger partial charge in [-0.05, 0) is 28.9 Å². The van der Waals surface area contributed by atoms with Crippen LogP contribution < -0.4 is 10.6 Å². The van der Waals surface area contributed by atoms with Crippen LogP contribution >= 0.6 is 15.9 Å². The van der Waals surface area contributed by atoms with Gasteiger partial charge in [-0.15, -0.1) is 0 Å². The van der Waals surface area contributed by atoms with Crippen LogP contribution in [-0.2, 0) is 0 Å². The standard InChI is InChI=1S/C11H13BrFN3/c1-7(5-14)6-16(2)11-3-8(12)9(13)4-10(11)15/h3-4,7H,6,15H2,1-2H3. The lowest BCUT2D eigenvalue weighted by atomic mass is 10.1. The van der Waals surface area contributed by atoms with Crippen molar-refractivity contribution in [2.24, 2.45) is 5.92 Å². The van der Waals surface area contributed by atoms with E-state index in [0.717, 1.165) is 5.69 Å². The number of anilines is 2. The molecule has 0 radical (unpaired) electrons. The highest BCUT2D eigenvalue weighted by Gasteiger charge is 2.12. The van der Waals surface area contributed by atoms with Crippen molar-refractivity contribution >= 4 is 27.3 Å². The van der Waals surface area contributed by atoms with E-state index in [2.05, 4.69) is 22.0 Å². The van der Waals surface area contributed by atoms with E-state index in [1.807, 2.05) is 18.9 Å². The van der Waals surface area contributed by atoms with E-state index >= 15 is 0 Å². The minimum absolute atomic E-state index is 0.103. The second-order valence-electron chi connectivity index (χ2n) is 3.74. The van der Waals surface area contributed by atoms with Crippen molar-refractivity contribution in [1.29, 1.82) is 5.26 Å². The van der Waals surface area contributed by atoms with Crippen molar-refractivity contribution in [2.45, 2.75) is 6.92 Å². The lowest BCUT2D eigenvalue weighted by Gasteiger charge is -2.22. The molecular weight excluding hydrogens is 273 g/mol. The first-order valence-corrected chi connectivity index (χ1v) is 5.60. The van der Waals surface area contributed by atoms with Crippen LogP contribution in [0.3, 0.4) is 0 Å². The van der Waals surface area contributed by atoms with Gasteiger partial charge in [0, 0.05) is 19.7 Å². The lowest BCUT2D eigenvalue weighted by molar-refractivity contribution is 0.621. The molecule has 16 heavy (non-hydrogen) atoms. The summed E-state index contributed by atoms with van der Waals surface area (Å²) < 4.78 is 13.5. The summed E-state index contributed by atoms with van der Waals surface area (Å²) in [6.07, 6.45) is 0. The Morgan fingerprint density at radius 1 is 1.62 bits per heavy atom. The quantitative estimate of drug-likeness (QED) is 0.869. The maximum atomic E-state index is 13.2. The minimum Gasteiger partial charge on any atom is -0.397 e. The highest BCUT2D eigenvalue weighted by atomic mass is 79.9. The van der Waals surface area contributed by atoms with Crippen molar-refractivity contribution in [3.63, 3.8) is 0 Å². The molecule has 0 saturated carbocycles. The summed E-state index contributed by atoms with van der Waals surface area (Å²) >= 11 is 3.11. The highest BCUT2D eigenvalue weighted by molar-refractivity contribution is 9.10. The zero-order valence-corrected chi connectivity index (χ0v) is 10.8. The number of hydrogen-bond acceptors (Lipinski definition) is 3. The summed E-state index contributed by atoms with van der Waals surface area (Å²) in [5, 5.41) is 8.72. The molecule has 0 aliphatic heterocycles. The number of rotatable bonds is 3. The van der Waals surface area contributed by atoms with Crippen LogP contribution in [0.5, 0.6) is 0 Å². The summed E-state index contributed by atoms with van der Waals surface area (Å²) in [6.45, 7) is 2.38. The van der Waals surface area contributed by atoms with Gasteiger partial charge in [0.1, 0.15) is 5.82 Å². The molecular formula is C11H13BrFN3. The van der Waals surface area contributed by atoms with Gasteiger partial charge in [-0.1, -0.05) is 0 Å². The summed E-state index contributed by atoms with van der Waals surface area (Å²) in [7, 11) is 1.82. The van der Waals surface area contributed by atoms with Gasteiger partial charge < -0.3 is 10.6 Å². The van der Waals surface area contributed by atoms with E-state index < -0.39 is 0 Å². The third-order valence-corrected chi connectivity index (χ3v) is 2.86. The molecule has 1 rings (SSSR count). The number of nitriles is 1. The Labute approximate surface area is 103 Å². The SMILES string of the molecule is CC(C#N)CN(C)c1cc(Br)c(F)cc1N. The first kappa shape index (κ1) is 12.8. The third-order valence-electron chi connectivity index (χ3n) is 2.25. The molecule has 0 aliphatic rings. The normalized spacial score (nSPS) is 11.9. The van der Waals surface area contributed by atoms with Gasteiger partial charge in [-0.2, -0.15) is 5.26 Å². The molecule has 3 nitrogen and oxygen atoms in total. The van der Waals surface area contributed by atoms with Crippen LogP contribution in [-0.4, -0.2) is 13.6 Å². The topological polar surface area (TPSA) is 53.0 Å². The molecule has 1 atom stereocenters. The van der Waals surface area contributed by atoms with Gasteiger partial charge in [-0.3, -0.25) is 0 Å². The van der Waals surface area contributed by atoms with Gasteiger partial charge >= 0.3 is 0 Å². The number of nitrogens with two attached hydrogens (primary N) is 1. The van der Waals surface area contributed by atoms with Gasteiger partial charge in [-0.25, -0.2) is 4.39 Å². The molecule has 1 aromatic rings. The maximum absolute atomic E-state index is 13.2. The van der Waals surface area contributed by atoms with E-state index in [-0.39, 0.29) is 11.7 Å². The largest absolute Gasteiger partial charge is 0.397 e. The van der Waals surface area contributed by atoms with Gasteiger partial charge in [0.05, 0.1) is 27.8 Å². The molecule has 0 amide bonds. The number of nitrogen functional groups attached to an aromatic ring is 1.